The van der Waals surface area contributed by atoms with Crippen LogP contribution in [0.2, 0.25) is 0 Å². The summed E-state index contributed by atoms with van der Waals surface area (Å²) < 4.78 is 7.75. The molecule has 2 heterocycles. The quantitative estimate of drug-likeness (QED) is 0.264. The third-order valence-corrected chi connectivity index (χ3v) is 6.20. The zero-order valence-electron chi connectivity index (χ0n) is 20.7. The Balaban J connectivity index is 1.15. The van der Waals surface area contributed by atoms with Crippen molar-refractivity contribution in [3.8, 4) is 11.3 Å². The summed E-state index contributed by atoms with van der Waals surface area (Å²) in [5.41, 5.74) is 5.15. The number of nitrogens with zero attached hydrogens (tertiary/aromatic N) is 3. The minimum atomic E-state index is -0.0763. The lowest BCUT2D eigenvalue weighted by atomic mass is 10.1. The molecule has 5 aromatic rings. The molecular formula is C30H28N4O3. The van der Waals surface area contributed by atoms with Crippen molar-refractivity contribution in [1.82, 2.24) is 15.0 Å². The molecule has 0 spiro atoms. The van der Waals surface area contributed by atoms with Crippen LogP contribution in [-0.2, 0) is 17.8 Å². The predicted octanol–water partition coefficient (Wildman–Crippen LogP) is 5.76. The van der Waals surface area contributed by atoms with E-state index >= 15 is 0 Å². The Kier molecular flexibility index (Phi) is 7.21. The van der Waals surface area contributed by atoms with Crippen molar-refractivity contribution in [2.45, 2.75) is 39.2 Å². The summed E-state index contributed by atoms with van der Waals surface area (Å²) in [5.74, 6) is 0.573. The summed E-state index contributed by atoms with van der Waals surface area (Å²) in [6.07, 6.45) is 4.75. The molecule has 186 valence electrons. The number of hydrogen-bond donors (Lipinski definition) is 1. The fourth-order valence-electron chi connectivity index (χ4n) is 4.22. The number of carbonyl (C=O) groups is 1. The van der Waals surface area contributed by atoms with E-state index < -0.39 is 0 Å². The van der Waals surface area contributed by atoms with Crippen molar-refractivity contribution >= 4 is 22.6 Å². The van der Waals surface area contributed by atoms with E-state index in [2.05, 4.69) is 15.6 Å². The number of benzene rings is 3. The molecule has 0 unspecified atom stereocenters. The zero-order valence-corrected chi connectivity index (χ0v) is 20.7. The summed E-state index contributed by atoms with van der Waals surface area (Å²) in [4.78, 5) is 24.9. The second-order valence-corrected chi connectivity index (χ2v) is 9.20. The van der Waals surface area contributed by atoms with Crippen LogP contribution in [0.4, 0.5) is 5.69 Å². The first kappa shape index (κ1) is 24.2. The van der Waals surface area contributed by atoms with E-state index in [1.54, 1.807) is 4.68 Å². The van der Waals surface area contributed by atoms with Gasteiger partial charge in [-0.25, -0.2) is 4.68 Å². The highest BCUT2D eigenvalue weighted by atomic mass is 16.3. The van der Waals surface area contributed by atoms with Gasteiger partial charge in [-0.05, 0) is 56.0 Å². The standard InChI is InChI=1S/C30H28N4O3/c1-21-11-14-24(15-12-21)31-30(36)10-6-5-9-25-20-34(33-32-25)19-22-13-16-28-26(17-22)27(35)18-29(37-28)23-7-3-2-4-8-23/h2-4,7-8,11-18,20H,5-6,9-10,19H2,1H3,(H,31,36). The number of amides is 1. The Hall–Kier alpha value is -4.52. The van der Waals surface area contributed by atoms with Crippen LogP contribution in [0.1, 0.15) is 36.1 Å². The van der Waals surface area contributed by atoms with E-state index in [9.17, 15) is 9.59 Å². The summed E-state index contributed by atoms with van der Waals surface area (Å²) in [5, 5.41) is 12.0. The van der Waals surface area contributed by atoms with Crippen molar-refractivity contribution in [3.05, 3.63) is 112 Å². The van der Waals surface area contributed by atoms with Crippen LogP contribution < -0.4 is 10.7 Å². The summed E-state index contributed by atoms with van der Waals surface area (Å²) in [6, 6.07) is 24.5. The summed E-state index contributed by atoms with van der Waals surface area (Å²) in [6.45, 7) is 2.52. The van der Waals surface area contributed by atoms with Gasteiger partial charge in [-0.3, -0.25) is 9.59 Å². The predicted molar refractivity (Wildman–Crippen MR) is 144 cm³/mol. The van der Waals surface area contributed by atoms with E-state index in [0.29, 0.717) is 29.7 Å². The SMILES string of the molecule is Cc1ccc(NC(=O)CCCCc2cn(Cc3ccc4oc(-c5ccccc5)cc(=O)c4c3)nn2)cc1. The molecule has 0 saturated heterocycles. The first-order valence-corrected chi connectivity index (χ1v) is 12.4. The molecule has 0 radical (unpaired) electrons. The second kappa shape index (κ2) is 11.0. The average Bonchev–Trinajstić information content (AvgIpc) is 3.36. The van der Waals surface area contributed by atoms with Gasteiger partial charge < -0.3 is 9.73 Å². The van der Waals surface area contributed by atoms with Gasteiger partial charge in [-0.15, -0.1) is 5.10 Å². The van der Waals surface area contributed by atoms with E-state index in [-0.39, 0.29) is 11.3 Å². The van der Waals surface area contributed by atoms with Gasteiger partial charge in [0.25, 0.3) is 0 Å². The molecule has 7 nitrogen and oxygen atoms in total. The first-order valence-electron chi connectivity index (χ1n) is 12.4. The van der Waals surface area contributed by atoms with Crippen molar-refractivity contribution in [2.75, 3.05) is 5.32 Å². The smallest absolute Gasteiger partial charge is 0.224 e. The number of carbonyl (C=O) groups excluding carboxylic acids is 1. The van der Waals surface area contributed by atoms with Gasteiger partial charge in [0.15, 0.2) is 5.43 Å². The number of anilines is 1. The highest BCUT2D eigenvalue weighted by molar-refractivity contribution is 5.90. The van der Waals surface area contributed by atoms with Gasteiger partial charge in [0.2, 0.25) is 5.91 Å². The molecule has 37 heavy (non-hydrogen) atoms. The molecular weight excluding hydrogens is 464 g/mol. The van der Waals surface area contributed by atoms with Crippen LogP contribution in [0, 0.1) is 6.92 Å². The Morgan fingerprint density at radius 3 is 2.59 bits per heavy atom. The van der Waals surface area contributed by atoms with Gasteiger partial charge in [0, 0.05) is 29.9 Å². The van der Waals surface area contributed by atoms with Crippen LogP contribution in [0.5, 0.6) is 0 Å². The lowest BCUT2D eigenvalue weighted by Crippen LogP contribution is -2.11. The second-order valence-electron chi connectivity index (χ2n) is 9.20. The summed E-state index contributed by atoms with van der Waals surface area (Å²) in [7, 11) is 0. The van der Waals surface area contributed by atoms with Crippen LogP contribution in [0.15, 0.2) is 94.3 Å². The molecule has 0 aliphatic rings. The molecule has 0 fully saturated rings. The number of rotatable bonds is 9. The van der Waals surface area contributed by atoms with E-state index in [1.807, 2.05) is 85.9 Å². The van der Waals surface area contributed by atoms with E-state index in [0.717, 1.165) is 47.3 Å². The van der Waals surface area contributed by atoms with Gasteiger partial charge in [0.05, 0.1) is 17.6 Å². The Bertz CT molecular complexity index is 1570. The average molecular weight is 493 g/mol. The molecule has 0 aliphatic carbocycles. The Labute approximate surface area is 214 Å². The van der Waals surface area contributed by atoms with Crippen LogP contribution in [0.3, 0.4) is 0 Å². The third kappa shape index (κ3) is 6.19. The van der Waals surface area contributed by atoms with Crippen LogP contribution in [0.25, 0.3) is 22.3 Å². The molecule has 0 bridgehead atoms. The van der Waals surface area contributed by atoms with Crippen LogP contribution >= 0.6 is 0 Å². The highest BCUT2D eigenvalue weighted by Crippen LogP contribution is 2.22. The highest BCUT2D eigenvalue weighted by Gasteiger charge is 2.09. The summed E-state index contributed by atoms with van der Waals surface area (Å²) >= 11 is 0. The molecule has 5 rings (SSSR count). The fraction of sp³-hybridized carbons (Fsp3) is 0.200. The lowest BCUT2D eigenvalue weighted by Gasteiger charge is -2.06. The zero-order chi connectivity index (χ0) is 25.6. The number of aryl methyl sites for hydroxylation is 2. The largest absolute Gasteiger partial charge is 0.456 e. The van der Waals surface area contributed by atoms with E-state index in [1.165, 1.54) is 6.07 Å². The number of hydrogen-bond acceptors (Lipinski definition) is 5. The molecule has 7 heteroatoms. The number of nitrogens with one attached hydrogen (secondary N) is 1. The minimum Gasteiger partial charge on any atom is -0.456 e. The van der Waals surface area contributed by atoms with Crippen molar-refractivity contribution in [3.63, 3.8) is 0 Å². The van der Waals surface area contributed by atoms with Crippen molar-refractivity contribution < 1.29 is 9.21 Å². The molecule has 0 saturated carbocycles. The maximum absolute atomic E-state index is 12.8. The normalized spacial score (nSPS) is 11.1. The number of fused-ring (bicyclic) bond motifs is 1. The molecule has 0 aliphatic heterocycles. The maximum atomic E-state index is 12.8. The van der Waals surface area contributed by atoms with E-state index in [4.69, 9.17) is 4.42 Å². The van der Waals surface area contributed by atoms with Crippen LogP contribution in [-0.4, -0.2) is 20.9 Å². The van der Waals surface area contributed by atoms with Crippen molar-refractivity contribution in [1.29, 1.82) is 0 Å². The molecule has 1 amide bonds. The monoisotopic (exact) mass is 492 g/mol. The molecule has 3 aromatic carbocycles. The third-order valence-electron chi connectivity index (χ3n) is 6.20. The fourth-order valence-corrected chi connectivity index (χ4v) is 4.22. The molecule has 0 atom stereocenters. The maximum Gasteiger partial charge on any atom is 0.224 e. The van der Waals surface area contributed by atoms with Gasteiger partial charge in [0.1, 0.15) is 11.3 Å². The van der Waals surface area contributed by atoms with Gasteiger partial charge >= 0.3 is 0 Å². The lowest BCUT2D eigenvalue weighted by molar-refractivity contribution is -0.116. The minimum absolute atomic E-state index is 0.0178. The Morgan fingerprint density at radius 2 is 1.78 bits per heavy atom. The molecule has 1 N–H and O–H groups in total. The van der Waals surface area contributed by atoms with Gasteiger partial charge in [-0.2, -0.15) is 0 Å². The first-order chi connectivity index (χ1) is 18.0. The topological polar surface area (TPSA) is 90.0 Å². The number of unbranched alkanes of at least 4 members (excludes halogenated alkanes) is 1. The molecule has 2 aromatic heterocycles. The number of aromatic nitrogens is 3. The van der Waals surface area contributed by atoms with Gasteiger partial charge in [-0.1, -0.05) is 59.3 Å². The Morgan fingerprint density at radius 1 is 0.973 bits per heavy atom. The van der Waals surface area contributed by atoms with Crippen molar-refractivity contribution in [2.24, 2.45) is 0 Å².